The van der Waals surface area contributed by atoms with E-state index in [1.807, 2.05) is 0 Å². The highest BCUT2D eigenvalue weighted by Crippen LogP contribution is 2.25. The molecular weight excluding hydrogens is 287 g/mol. The van der Waals surface area contributed by atoms with Gasteiger partial charge in [-0.1, -0.05) is 23.4 Å². The van der Waals surface area contributed by atoms with Crippen molar-refractivity contribution in [3.63, 3.8) is 0 Å². The fourth-order valence-electron chi connectivity index (χ4n) is 2.13. The largest absolute Gasteiger partial charge is 0.463 e. The molecule has 0 atom stereocenters. The Hall–Kier alpha value is -2.89. The standard InChI is InChI=1S/C16H13FN2O3/c1-10-14(15(19-22-10)13-7-4-8-21-13)16(20)18-9-11-5-2-3-6-12(11)17/h2-8H,9H2,1H3,(H,18,20). The molecule has 0 aliphatic rings. The summed E-state index contributed by atoms with van der Waals surface area (Å²) >= 11 is 0. The third-order valence-electron chi connectivity index (χ3n) is 3.24. The molecule has 3 aromatic rings. The van der Waals surface area contributed by atoms with E-state index in [2.05, 4.69) is 10.5 Å². The molecule has 0 bridgehead atoms. The fourth-order valence-corrected chi connectivity index (χ4v) is 2.13. The number of aryl methyl sites for hydroxylation is 1. The Morgan fingerprint density at radius 2 is 2.09 bits per heavy atom. The van der Waals surface area contributed by atoms with E-state index in [1.165, 1.54) is 12.3 Å². The summed E-state index contributed by atoms with van der Waals surface area (Å²) in [4.78, 5) is 12.4. The molecule has 2 aromatic heterocycles. The summed E-state index contributed by atoms with van der Waals surface area (Å²) in [5.74, 6) is 0.0508. The topological polar surface area (TPSA) is 68.3 Å². The van der Waals surface area contributed by atoms with E-state index in [9.17, 15) is 9.18 Å². The van der Waals surface area contributed by atoms with Gasteiger partial charge in [0.15, 0.2) is 11.5 Å². The monoisotopic (exact) mass is 300 g/mol. The number of carbonyl (C=O) groups is 1. The van der Waals surface area contributed by atoms with Crippen molar-refractivity contribution in [3.8, 4) is 11.5 Å². The Morgan fingerprint density at radius 3 is 2.82 bits per heavy atom. The van der Waals surface area contributed by atoms with Crippen molar-refractivity contribution in [1.82, 2.24) is 10.5 Å². The number of rotatable bonds is 4. The molecule has 0 saturated heterocycles. The number of hydrogen-bond acceptors (Lipinski definition) is 4. The Morgan fingerprint density at radius 1 is 1.27 bits per heavy atom. The minimum Gasteiger partial charge on any atom is -0.463 e. The molecule has 0 aliphatic heterocycles. The average Bonchev–Trinajstić information content (AvgIpc) is 3.15. The maximum absolute atomic E-state index is 13.6. The van der Waals surface area contributed by atoms with Gasteiger partial charge in [-0.05, 0) is 25.1 Å². The normalized spacial score (nSPS) is 10.6. The van der Waals surface area contributed by atoms with Crippen LogP contribution in [0.1, 0.15) is 21.7 Å². The maximum Gasteiger partial charge on any atom is 0.257 e. The number of nitrogens with one attached hydrogen (secondary N) is 1. The number of carbonyl (C=O) groups excluding carboxylic acids is 1. The van der Waals surface area contributed by atoms with Crippen LogP contribution >= 0.6 is 0 Å². The molecule has 1 amide bonds. The van der Waals surface area contributed by atoms with Crippen molar-refractivity contribution in [3.05, 3.63) is 65.4 Å². The molecule has 0 fully saturated rings. The number of nitrogens with zero attached hydrogens (tertiary/aromatic N) is 1. The second-order valence-electron chi connectivity index (χ2n) is 4.71. The van der Waals surface area contributed by atoms with Gasteiger partial charge in [0.25, 0.3) is 5.91 Å². The van der Waals surface area contributed by atoms with E-state index in [0.29, 0.717) is 22.8 Å². The highest BCUT2D eigenvalue weighted by molar-refractivity contribution is 6.00. The van der Waals surface area contributed by atoms with Crippen LogP contribution in [0.25, 0.3) is 11.5 Å². The second-order valence-corrected chi connectivity index (χ2v) is 4.71. The fraction of sp³-hybridized carbons (Fsp3) is 0.125. The Bertz CT molecular complexity index is 794. The molecule has 1 aromatic carbocycles. The summed E-state index contributed by atoms with van der Waals surface area (Å²) in [5.41, 5.74) is 1.02. The van der Waals surface area contributed by atoms with Gasteiger partial charge >= 0.3 is 0 Å². The van der Waals surface area contributed by atoms with E-state index >= 15 is 0 Å². The van der Waals surface area contributed by atoms with Crippen LogP contribution in [-0.2, 0) is 6.54 Å². The first-order valence-corrected chi connectivity index (χ1v) is 6.68. The van der Waals surface area contributed by atoms with E-state index in [0.717, 1.165) is 0 Å². The van der Waals surface area contributed by atoms with Gasteiger partial charge in [-0.15, -0.1) is 0 Å². The van der Waals surface area contributed by atoms with E-state index in [1.54, 1.807) is 37.3 Å². The van der Waals surface area contributed by atoms with Gasteiger partial charge in [0.05, 0.1) is 6.26 Å². The second kappa shape index (κ2) is 5.85. The summed E-state index contributed by atoms with van der Waals surface area (Å²) < 4.78 is 23.9. The van der Waals surface area contributed by atoms with Gasteiger partial charge in [0.1, 0.15) is 17.1 Å². The Balaban J connectivity index is 1.81. The molecule has 22 heavy (non-hydrogen) atoms. The van der Waals surface area contributed by atoms with Crippen LogP contribution in [0.4, 0.5) is 4.39 Å². The van der Waals surface area contributed by atoms with E-state index in [4.69, 9.17) is 8.94 Å². The predicted octanol–water partition coefficient (Wildman–Crippen LogP) is 3.31. The predicted molar refractivity (Wildman–Crippen MR) is 76.5 cm³/mol. The first-order valence-electron chi connectivity index (χ1n) is 6.68. The number of benzene rings is 1. The number of aromatic nitrogens is 1. The molecule has 3 rings (SSSR count). The van der Waals surface area contributed by atoms with Gasteiger partial charge in [-0.3, -0.25) is 4.79 Å². The summed E-state index contributed by atoms with van der Waals surface area (Å²) in [5, 5.41) is 6.51. The van der Waals surface area contributed by atoms with Crippen molar-refractivity contribution in [2.75, 3.05) is 0 Å². The van der Waals surface area contributed by atoms with Crippen LogP contribution in [0.15, 0.2) is 51.6 Å². The summed E-state index contributed by atoms with van der Waals surface area (Å²) in [6.07, 6.45) is 1.49. The quantitative estimate of drug-likeness (QED) is 0.802. The third-order valence-corrected chi connectivity index (χ3v) is 3.24. The molecule has 0 spiro atoms. The SMILES string of the molecule is Cc1onc(-c2ccco2)c1C(=O)NCc1ccccc1F. The summed E-state index contributed by atoms with van der Waals surface area (Å²) in [6.45, 7) is 1.71. The molecule has 6 heteroatoms. The number of hydrogen-bond donors (Lipinski definition) is 1. The minimum absolute atomic E-state index is 0.0771. The average molecular weight is 300 g/mol. The van der Waals surface area contributed by atoms with Gasteiger partial charge in [-0.25, -0.2) is 4.39 Å². The van der Waals surface area contributed by atoms with Gasteiger partial charge in [0.2, 0.25) is 0 Å². The smallest absolute Gasteiger partial charge is 0.257 e. The molecule has 2 heterocycles. The molecule has 0 radical (unpaired) electrons. The Labute approximate surface area is 125 Å². The summed E-state index contributed by atoms with van der Waals surface area (Å²) in [6, 6.07) is 9.65. The van der Waals surface area contributed by atoms with Crippen molar-refractivity contribution < 1.29 is 18.1 Å². The lowest BCUT2D eigenvalue weighted by Crippen LogP contribution is -2.24. The van der Waals surface area contributed by atoms with Crippen LogP contribution in [0, 0.1) is 12.7 Å². The number of furan rings is 1. The molecule has 0 unspecified atom stereocenters. The molecule has 5 nitrogen and oxygen atoms in total. The van der Waals surface area contributed by atoms with Crippen molar-refractivity contribution in [2.45, 2.75) is 13.5 Å². The van der Waals surface area contributed by atoms with Crippen LogP contribution < -0.4 is 5.32 Å². The van der Waals surface area contributed by atoms with Gasteiger partial charge < -0.3 is 14.3 Å². The van der Waals surface area contributed by atoms with Crippen molar-refractivity contribution >= 4 is 5.91 Å². The summed E-state index contributed by atoms with van der Waals surface area (Å²) in [7, 11) is 0. The molecule has 0 saturated carbocycles. The van der Waals surface area contributed by atoms with Crippen LogP contribution in [-0.4, -0.2) is 11.1 Å². The van der Waals surface area contributed by atoms with Gasteiger partial charge in [-0.2, -0.15) is 0 Å². The zero-order chi connectivity index (χ0) is 15.5. The first kappa shape index (κ1) is 14.1. The lowest BCUT2D eigenvalue weighted by atomic mass is 10.1. The lowest BCUT2D eigenvalue weighted by molar-refractivity contribution is 0.0949. The van der Waals surface area contributed by atoms with Crippen LogP contribution in [0.2, 0.25) is 0 Å². The number of halogens is 1. The first-order chi connectivity index (χ1) is 10.7. The Kier molecular flexibility index (Phi) is 3.74. The zero-order valence-electron chi connectivity index (χ0n) is 11.8. The van der Waals surface area contributed by atoms with Crippen LogP contribution in [0.5, 0.6) is 0 Å². The molecule has 0 aliphatic carbocycles. The number of amides is 1. The van der Waals surface area contributed by atoms with Crippen molar-refractivity contribution in [2.24, 2.45) is 0 Å². The maximum atomic E-state index is 13.6. The third kappa shape index (κ3) is 2.63. The molecule has 1 N–H and O–H groups in total. The zero-order valence-corrected chi connectivity index (χ0v) is 11.8. The van der Waals surface area contributed by atoms with E-state index < -0.39 is 5.91 Å². The highest BCUT2D eigenvalue weighted by Gasteiger charge is 2.23. The van der Waals surface area contributed by atoms with Crippen LogP contribution in [0.3, 0.4) is 0 Å². The van der Waals surface area contributed by atoms with Gasteiger partial charge in [0, 0.05) is 12.1 Å². The highest BCUT2D eigenvalue weighted by atomic mass is 19.1. The lowest BCUT2D eigenvalue weighted by Gasteiger charge is -2.06. The minimum atomic E-state index is -0.395. The van der Waals surface area contributed by atoms with Crippen molar-refractivity contribution in [1.29, 1.82) is 0 Å². The van der Waals surface area contributed by atoms with E-state index in [-0.39, 0.29) is 17.9 Å². The molecular formula is C16H13FN2O3. The molecule has 112 valence electrons.